The Bertz CT molecular complexity index is 852. The number of ether oxygens (including phenoxy) is 2. The Morgan fingerprint density at radius 3 is 2.28 bits per heavy atom. The minimum absolute atomic E-state index is 0. The standard InChI is InChI=1S/C22H26N2O4.ClH/c1-3-27-19-10-9-16(11-20(19)28-4-2)21(25)17-7-5-6-8-18(17)22(26)24-14-15-12-23-13-15;/h5-11,15,23H,3-4,12-14H2,1-2H3,(H,24,26);1H. The second-order valence-electron chi connectivity index (χ2n) is 6.64. The zero-order valence-electron chi connectivity index (χ0n) is 16.7. The van der Waals surface area contributed by atoms with Crippen molar-refractivity contribution in [2.45, 2.75) is 13.8 Å². The second-order valence-corrected chi connectivity index (χ2v) is 6.64. The van der Waals surface area contributed by atoms with Crippen molar-refractivity contribution in [2.75, 3.05) is 32.8 Å². The Morgan fingerprint density at radius 2 is 1.66 bits per heavy atom. The molecule has 1 amide bonds. The van der Waals surface area contributed by atoms with Crippen LogP contribution < -0.4 is 20.1 Å². The summed E-state index contributed by atoms with van der Waals surface area (Å²) < 4.78 is 11.2. The van der Waals surface area contributed by atoms with Crippen molar-refractivity contribution in [3.8, 4) is 11.5 Å². The van der Waals surface area contributed by atoms with Crippen LogP contribution in [0.3, 0.4) is 0 Å². The van der Waals surface area contributed by atoms with Crippen LogP contribution in [0, 0.1) is 5.92 Å². The zero-order chi connectivity index (χ0) is 19.9. The number of ketones is 1. The summed E-state index contributed by atoms with van der Waals surface area (Å²) >= 11 is 0. The lowest BCUT2D eigenvalue weighted by Gasteiger charge is -2.27. The average molecular weight is 419 g/mol. The molecule has 0 bridgehead atoms. The lowest BCUT2D eigenvalue weighted by atomic mass is 9.97. The van der Waals surface area contributed by atoms with Gasteiger partial charge >= 0.3 is 0 Å². The predicted molar refractivity (Wildman–Crippen MR) is 115 cm³/mol. The highest BCUT2D eigenvalue weighted by molar-refractivity contribution is 6.15. The molecule has 29 heavy (non-hydrogen) atoms. The summed E-state index contributed by atoms with van der Waals surface area (Å²) in [6.45, 7) is 7.16. The van der Waals surface area contributed by atoms with E-state index in [0.29, 0.717) is 53.9 Å². The summed E-state index contributed by atoms with van der Waals surface area (Å²) in [5, 5.41) is 6.11. The molecule has 2 N–H and O–H groups in total. The average Bonchev–Trinajstić information content (AvgIpc) is 2.68. The van der Waals surface area contributed by atoms with Crippen LogP contribution in [0.4, 0.5) is 0 Å². The maximum Gasteiger partial charge on any atom is 0.252 e. The number of carbonyl (C=O) groups is 2. The molecule has 1 aliphatic rings. The van der Waals surface area contributed by atoms with Gasteiger partial charge < -0.3 is 20.1 Å². The molecule has 156 valence electrons. The van der Waals surface area contributed by atoms with E-state index in [9.17, 15) is 9.59 Å². The van der Waals surface area contributed by atoms with Crippen LogP contribution >= 0.6 is 12.4 Å². The summed E-state index contributed by atoms with van der Waals surface area (Å²) in [5.41, 5.74) is 1.21. The van der Waals surface area contributed by atoms with Gasteiger partial charge in [0.25, 0.3) is 5.91 Å². The van der Waals surface area contributed by atoms with Crippen LogP contribution in [-0.4, -0.2) is 44.5 Å². The van der Waals surface area contributed by atoms with Gasteiger partial charge in [-0.3, -0.25) is 9.59 Å². The number of amides is 1. The monoisotopic (exact) mass is 418 g/mol. The number of rotatable bonds is 9. The Balaban J connectivity index is 0.00000300. The van der Waals surface area contributed by atoms with Crippen molar-refractivity contribution in [1.29, 1.82) is 0 Å². The maximum absolute atomic E-state index is 13.1. The van der Waals surface area contributed by atoms with E-state index < -0.39 is 0 Å². The zero-order valence-corrected chi connectivity index (χ0v) is 17.5. The van der Waals surface area contributed by atoms with Gasteiger partial charge in [-0.1, -0.05) is 18.2 Å². The van der Waals surface area contributed by atoms with Crippen LogP contribution in [0.5, 0.6) is 11.5 Å². The molecule has 7 heteroatoms. The third kappa shape index (κ3) is 5.49. The molecule has 1 heterocycles. The minimum Gasteiger partial charge on any atom is -0.490 e. The van der Waals surface area contributed by atoms with E-state index >= 15 is 0 Å². The Labute approximate surface area is 177 Å². The first-order valence-electron chi connectivity index (χ1n) is 9.66. The van der Waals surface area contributed by atoms with Gasteiger partial charge in [-0.05, 0) is 38.1 Å². The van der Waals surface area contributed by atoms with Crippen LogP contribution in [0.1, 0.15) is 40.1 Å². The fourth-order valence-electron chi connectivity index (χ4n) is 3.05. The molecular formula is C22H27ClN2O4. The molecule has 2 aromatic carbocycles. The minimum atomic E-state index is -0.230. The van der Waals surface area contributed by atoms with Gasteiger partial charge in [0.05, 0.1) is 18.8 Å². The van der Waals surface area contributed by atoms with Crippen LogP contribution in [0.15, 0.2) is 42.5 Å². The molecule has 0 unspecified atom stereocenters. The Hall–Kier alpha value is -2.57. The first-order valence-corrected chi connectivity index (χ1v) is 9.66. The summed E-state index contributed by atoms with van der Waals surface area (Å²) in [6, 6.07) is 12.0. The first kappa shape index (κ1) is 22.7. The van der Waals surface area contributed by atoms with Crippen LogP contribution in [0.25, 0.3) is 0 Å². The molecule has 0 aliphatic carbocycles. The smallest absolute Gasteiger partial charge is 0.252 e. The summed E-state index contributed by atoms with van der Waals surface area (Å²) in [4.78, 5) is 25.7. The molecule has 0 radical (unpaired) electrons. The van der Waals surface area contributed by atoms with Gasteiger partial charge in [-0.25, -0.2) is 0 Å². The third-order valence-corrected chi connectivity index (χ3v) is 4.64. The summed E-state index contributed by atoms with van der Waals surface area (Å²) in [6.07, 6.45) is 0. The van der Waals surface area contributed by atoms with Crippen LogP contribution in [-0.2, 0) is 0 Å². The molecule has 3 rings (SSSR count). The number of benzene rings is 2. The molecule has 0 spiro atoms. The summed E-state index contributed by atoms with van der Waals surface area (Å²) in [7, 11) is 0. The predicted octanol–water partition coefficient (Wildman–Crippen LogP) is 3.09. The molecule has 1 saturated heterocycles. The van der Waals surface area contributed by atoms with E-state index in [4.69, 9.17) is 9.47 Å². The highest BCUT2D eigenvalue weighted by atomic mass is 35.5. The topological polar surface area (TPSA) is 76.7 Å². The Morgan fingerprint density at radius 1 is 1.00 bits per heavy atom. The quantitative estimate of drug-likeness (QED) is 0.612. The van der Waals surface area contributed by atoms with Gasteiger partial charge in [0.15, 0.2) is 17.3 Å². The van der Waals surface area contributed by atoms with Crippen molar-refractivity contribution in [2.24, 2.45) is 5.92 Å². The van der Waals surface area contributed by atoms with E-state index in [0.717, 1.165) is 13.1 Å². The van der Waals surface area contributed by atoms with Gasteiger partial charge in [0.2, 0.25) is 0 Å². The van der Waals surface area contributed by atoms with Crippen molar-refractivity contribution >= 4 is 24.1 Å². The molecule has 1 aliphatic heterocycles. The largest absolute Gasteiger partial charge is 0.490 e. The first-order chi connectivity index (χ1) is 13.6. The van der Waals surface area contributed by atoms with Crippen molar-refractivity contribution in [3.63, 3.8) is 0 Å². The van der Waals surface area contributed by atoms with Gasteiger partial charge in [0, 0.05) is 36.7 Å². The molecule has 0 saturated carbocycles. The van der Waals surface area contributed by atoms with E-state index in [1.165, 1.54) is 0 Å². The number of hydrogen-bond donors (Lipinski definition) is 2. The fraction of sp³-hybridized carbons (Fsp3) is 0.364. The van der Waals surface area contributed by atoms with E-state index in [-0.39, 0.29) is 24.1 Å². The van der Waals surface area contributed by atoms with E-state index in [1.54, 1.807) is 42.5 Å². The molecule has 0 aromatic heterocycles. The van der Waals surface area contributed by atoms with Crippen molar-refractivity contribution < 1.29 is 19.1 Å². The van der Waals surface area contributed by atoms with Crippen molar-refractivity contribution in [3.05, 3.63) is 59.2 Å². The summed E-state index contributed by atoms with van der Waals surface area (Å²) in [5.74, 6) is 1.12. The SMILES string of the molecule is CCOc1ccc(C(=O)c2ccccc2C(=O)NCC2CNC2)cc1OCC.Cl. The molecule has 1 fully saturated rings. The van der Waals surface area contributed by atoms with Gasteiger partial charge in [0.1, 0.15) is 0 Å². The Kier molecular flexibility index (Phi) is 8.49. The third-order valence-electron chi connectivity index (χ3n) is 4.64. The molecule has 0 atom stereocenters. The molecule has 2 aromatic rings. The van der Waals surface area contributed by atoms with Gasteiger partial charge in [-0.15, -0.1) is 12.4 Å². The van der Waals surface area contributed by atoms with E-state index in [2.05, 4.69) is 10.6 Å². The number of nitrogens with one attached hydrogen (secondary N) is 2. The number of halogens is 1. The maximum atomic E-state index is 13.1. The normalized spacial score (nSPS) is 13.0. The van der Waals surface area contributed by atoms with Gasteiger partial charge in [-0.2, -0.15) is 0 Å². The number of hydrogen-bond acceptors (Lipinski definition) is 5. The highest BCUT2D eigenvalue weighted by Gasteiger charge is 2.22. The highest BCUT2D eigenvalue weighted by Crippen LogP contribution is 2.30. The molecular weight excluding hydrogens is 392 g/mol. The second kappa shape index (κ2) is 10.8. The van der Waals surface area contributed by atoms with Crippen molar-refractivity contribution in [1.82, 2.24) is 10.6 Å². The van der Waals surface area contributed by atoms with Crippen LogP contribution in [0.2, 0.25) is 0 Å². The van der Waals surface area contributed by atoms with E-state index in [1.807, 2.05) is 13.8 Å². The fourth-order valence-corrected chi connectivity index (χ4v) is 3.05. The lowest BCUT2D eigenvalue weighted by molar-refractivity contribution is 0.0932. The lowest BCUT2D eigenvalue weighted by Crippen LogP contribution is -2.48. The number of carbonyl (C=O) groups excluding carboxylic acids is 2. The molecule has 6 nitrogen and oxygen atoms in total.